The van der Waals surface area contributed by atoms with Gasteiger partial charge in [0.25, 0.3) is 0 Å². The molecular formula is C16H15ClFN3O. The first-order valence-electron chi connectivity index (χ1n) is 6.95. The average Bonchev–Trinajstić information content (AvgIpc) is 3.00. The molecule has 3 rings (SSSR count). The Morgan fingerprint density at radius 3 is 2.59 bits per heavy atom. The van der Waals surface area contributed by atoms with Crippen LogP contribution < -0.4 is 16.2 Å². The van der Waals surface area contributed by atoms with Gasteiger partial charge in [0.1, 0.15) is 11.9 Å². The standard InChI is InChI=1S/C16H15ClFN3O/c17-12-3-1-2-4-13(12)19-16(22)15-9-14(20-21-15)10-5-7-11(18)8-6-10/h1-8,14-15,20-21H,9H2,(H,19,22). The number of hydrazine groups is 1. The van der Waals surface area contributed by atoms with Gasteiger partial charge in [-0.3, -0.25) is 4.79 Å². The molecule has 1 fully saturated rings. The molecule has 2 atom stereocenters. The first-order chi connectivity index (χ1) is 10.6. The minimum absolute atomic E-state index is 0.0393. The maximum atomic E-state index is 12.9. The fraction of sp³-hybridized carbons (Fsp3) is 0.188. The second-order valence-electron chi connectivity index (χ2n) is 5.15. The van der Waals surface area contributed by atoms with Crippen molar-refractivity contribution in [1.29, 1.82) is 0 Å². The van der Waals surface area contributed by atoms with E-state index >= 15 is 0 Å². The van der Waals surface area contributed by atoms with Gasteiger partial charge in [0.2, 0.25) is 5.91 Å². The van der Waals surface area contributed by atoms with E-state index in [2.05, 4.69) is 16.2 Å². The maximum absolute atomic E-state index is 12.9. The molecule has 2 aromatic carbocycles. The second kappa shape index (κ2) is 6.44. The minimum Gasteiger partial charge on any atom is -0.323 e. The highest BCUT2D eigenvalue weighted by Crippen LogP contribution is 2.25. The number of benzene rings is 2. The van der Waals surface area contributed by atoms with Crippen LogP contribution in [0.25, 0.3) is 0 Å². The Morgan fingerprint density at radius 2 is 1.86 bits per heavy atom. The number of carbonyl (C=O) groups excluding carboxylic acids is 1. The lowest BCUT2D eigenvalue weighted by Crippen LogP contribution is -2.39. The van der Waals surface area contributed by atoms with Crippen LogP contribution in [0.15, 0.2) is 48.5 Å². The number of carbonyl (C=O) groups is 1. The predicted octanol–water partition coefficient (Wildman–Crippen LogP) is 3.03. The fourth-order valence-corrected chi connectivity index (χ4v) is 2.61. The number of anilines is 1. The van der Waals surface area contributed by atoms with Gasteiger partial charge in [-0.25, -0.2) is 15.2 Å². The third-order valence-electron chi connectivity index (χ3n) is 3.62. The quantitative estimate of drug-likeness (QED) is 0.815. The highest BCUT2D eigenvalue weighted by Gasteiger charge is 2.30. The second-order valence-corrected chi connectivity index (χ2v) is 5.56. The van der Waals surface area contributed by atoms with Crippen LogP contribution in [0.4, 0.5) is 10.1 Å². The van der Waals surface area contributed by atoms with Crippen molar-refractivity contribution >= 4 is 23.2 Å². The summed E-state index contributed by atoms with van der Waals surface area (Å²) in [6.45, 7) is 0. The van der Waals surface area contributed by atoms with Gasteiger partial charge in [-0.1, -0.05) is 35.9 Å². The number of hydrogen-bond acceptors (Lipinski definition) is 3. The topological polar surface area (TPSA) is 53.2 Å². The molecule has 0 spiro atoms. The van der Waals surface area contributed by atoms with Crippen LogP contribution in [0.3, 0.4) is 0 Å². The van der Waals surface area contributed by atoms with Gasteiger partial charge in [0.15, 0.2) is 0 Å². The Bertz CT molecular complexity index is 677. The third kappa shape index (κ3) is 3.27. The zero-order valence-corrected chi connectivity index (χ0v) is 12.4. The molecule has 114 valence electrons. The molecule has 2 aromatic rings. The van der Waals surface area contributed by atoms with E-state index in [9.17, 15) is 9.18 Å². The molecule has 0 aromatic heterocycles. The third-order valence-corrected chi connectivity index (χ3v) is 3.95. The summed E-state index contributed by atoms with van der Waals surface area (Å²) >= 11 is 6.03. The number of para-hydroxylation sites is 1. The Balaban J connectivity index is 1.64. The summed E-state index contributed by atoms with van der Waals surface area (Å²) in [5.74, 6) is -0.437. The molecule has 1 heterocycles. The Morgan fingerprint density at radius 1 is 1.14 bits per heavy atom. The summed E-state index contributed by atoms with van der Waals surface area (Å²) in [5, 5.41) is 3.30. The van der Waals surface area contributed by atoms with E-state index in [-0.39, 0.29) is 23.8 Å². The smallest absolute Gasteiger partial charge is 0.242 e. The first kappa shape index (κ1) is 15.0. The molecule has 4 nitrogen and oxygen atoms in total. The fourth-order valence-electron chi connectivity index (χ4n) is 2.42. The predicted molar refractivity (Wildman–Crippen MR) is 83.9 cm³/mol. The van der Waals surface area contributed by atoms with Crippen LogP contribution in [0, 0.1) is 5.82 Å². The Hall–Kier alpha value is -1.95. The van der Waals surface area contributed by atoms with E-state index in [1.165, 1.54) is 12.1 Å². The summed E-state index contributed by atoms with van der Waals surface area (Å²) in [7, 11) is 0. The average molecular weight is 320 g/mol. The van der Waals surface area contributed by atoms with Crippen molar-refractivity contribution < 1.29 is 9.18 Å². The molecule has 0 bridgehead atoms. The number of hydrogen-bond donors (Lipinski definition) is 3. The van der Waals surface area contributed by atoms with E-state index in [0.717, 1.165) is 5.56 Å². The van der Waals surface area contributed by atoms with Crippen molar-refractivity contribution in [1.82, 2.24) is 10.9 Å². The van der Waals surface area contributed by atoms with Crippen LogP contribution >= 0.6 is 11.6 Å². The lowest BCUT2D eigenvalue weighted by Gasteiger charge is -2.11. The van der Waals surface area contributed by atoms with Crippen LogP contribution in [0.5, 0.6) is 0 Å². The molecule has 0 radical (unpaired) electrons. The normalized spacial score (nSPS) is 20.8. The lowest BCUT2D eigenvalue weighted by molar-refractivity contribution is -0.117. The molecule has 1 amide bonds. The highest BCUT2D eigenvalue weighted by atomic mass is 35.5. The van der Waals surface area contributed by atoms with E-state index in [1.54, 1.807) is 30.3 Å². The molecule has 0 aliphatic carbocycles. The highest BCUT2D eigenvalue weighted by molar-refractivity contribution is 6.33. The van der Waals surface area contributed by atoms with Crippen LogP contribution in [0.2, 0.25) is 5.02 Å². The largest absolute Gasteiger partial charge is 0.323 e. The van der Waals surface area contributed by atoms with Crippen LogP contribution in [0.1, 0.15) is 18.0 Å². The van der Waals surface area contributed by atoms with E-state index in [4.69, 9.17) is 11.6 Å². The van der Waals surface area contributed by atoms with Crippen LogP contribution in [-0.2, 0) is 4.79 Å². The van der Waals surface area contributed by atoms with Gasteiger partial charge in [-0.05, 0) is 36.2 Å². The zero-order valence-electron chi connectivity index (χ0n) is 11.6. The summed E-state index contributed by atoms with van der Waals surface area (Å²) in [5.41, 5.74) is 7.53. The first-order valence-corrected chi connectivity index (χ1v) is 7.33. The SMILES string of the molecule is O=C(Nc1ccccc1Cl)C1CC(c2ccc(F)cc2)NN1. The van der Waals surface area contributed by atoms with Gasteiger partial charge in [0, 0.05) is 6.04 Å². The van der Waals surface area contributed by atoms with Gasteiger partial charge in [-0.2, -0.15) is 0 Å². The molecule has 2 unspecified atom stereocenters. The van der Waals surface area contributed by atoms with Crippen molar-refractivity contribution in [2.24, 2.45) is 0 Å². The van der Waals surface area contributed by atoms with Crippen molar-refractivity contribution in [3.8, 4) is 0 Å². The van der Waals surface area contributed by atoms with Gasteiger partial charge in [-0.15, -0.1) is 0 Å². The molecule has 6 heteroatoms. The molecular weight excluding hydrogens is 305 g/mol. The molecule has 0 saturated carbocycles. The summed E-state index contributed by atoms with van der Waals surface area (Å²) < 4.78 is 12.9. The maximum Gasteiger partial charge on any atom is 0.242 e. The van der Waals surface area contributed by atoms with Crippen molar-refractivity contribution in [3.63, 3.8) is 0 Å². The summed E-state index contributed by atoms with van der Waals surface area (Å²) in [6, 6.07) is 12.9. The van der Waals surface area contributed by atoms with E-state index in [0.29, 0.717) is 17.1 Å². The van der Waals surface area contributed by atoms with Gasteiger partial charge in [0.05, 0.1) is 10.7 Å². The van der Waals surface area contributed by atoms with Crippen molar-refractivity contribution in [2.45, 2.75) is 18.5 Å². The zero-order chi connectivity index (χ0) is 15.5. The lowest BCUT2D eigenvalue weighted by atomic mass is 10.0. The Labute approximate surface area is 132 Å². The number of rotatable bonds is 3. The molecule has 1 aliphatic rings. The molecule has 1 saturated heterocycles. The summed E-state index contributed by atoms with van der Waals surface area (Å²) in [6.07, 6.45) is 0.571. The van der Waals surface area contributed by atoms with Crippen molar-refractivity contribution in [3.05, 3.63) is 64.9 Å². The summed E-state index contributed by atoms with van der Waals surface area (Å²) in [4.78, 5) is 12.3. The number of nitrogens with one attached hydrogen (secondary N) is 3. The minimum atomic E-state index is -0.383. The van der Waals surface area contributed by atoms with Crippen molar-refractivity contribution in [2.75, 3.05) is 5.32 Å². The van der Waals surface area contributed by atoms with Crippen LogP contribution in [-0.4, -0.2) is 11.9 Å². The Kier molecular flexibility index (Phi) is 4.38. The van der Waals surface area contributed by atoms with E-state index in [1.807, 2.05) is 6.07 Å². The molecule has 1 aliphatic heterocycles. The molecule has 3 N–H and O–H groups in total. The van der Waals surface area contributed by atoms with E-state index < -0.39 is 0 Å². The number of amides is 1. The number of halogens is 2. The van der Waals surface area contributed by atoms with Gasteiger partial charge >= 0.3 is 0 Å². The van der Waals surface area contributed by atoms with Gasteiger partial charge < -0.3 is 5.32 Å². The monoisotopic (exact) mass is 319 g/mol. The molecule has 22 heavy (non-hydrogen) atoms.